The van der Waals surface area contributed by atoms with Crippen LogP contribution in [0.1, 0.15) is 40.2 Å². The summed E-state index contributed by atoms with van der Waals surface area (Å²) in [5, 5.41) is 2.72. The van der Waals surface area contributed by atoms with Crippen LogP contribution in [0.4, 0.5) is 10.5 Å². The molecule has 0 heterocycles. The van der Waals surface area contributed by atoms with Crippen LogP contribution in [0.15, 0.2) is 24.3 Å². The molecular formula is C16H26N2O2. The molecule has 4 nitrogen and oxygen atoms in total. The molecule has 3 N–H and O–H groups in total. The van der Waals surface area contributed by atoms with Gasteiger partial charge in [0.2, 0.25) is 0 Å². The van der Waals surface area contributed by atoms with E-state index in [1.807, 2.05) is 45.0 Å². The van der Waals surface area contributed by atoms with Gasteiger partial charge in [0.05, 0.1) is 0 Å². The first kappa shape index (κ1) is 16.5. The molecule has 0 saturated heterocycles. The summed E-state index contributed by atoms with van der Waals surface area (Å²) in [6, 6.07) is 7.77. The Labute approximate surface area is 121 Å². The second kappa shape index (κ2) is 6.27. The third kappa shape index (κ3) is 6.06. The van der Waals surface area contributed by atoms with Crippen molar-refractivity contribution in [3.63, 3.8) is 0 Å². The Morgan fingerprint density at radius 3 is 2.15 bits per heavy atom. The molecule has 0 fully saturated rings. The molecule has 0 spiro atoms. The molecule has 1 aromatic carbocycles. The molecule has 0 aromatic heterocycles. The van der Waals surface area contributed by atoms with Crippen molar-refractivity contribution in [1.82, 2.24) is 0 Å². The van der Waals surface area contributed by atoms with E-state index in [0.717, 1.165) is 12.1 Å². The maximum absolute atomic E-state index is 11.6. The first-order valence-electron chi connectivity index (χ1n) is 6.90. The maximum atomic E-state index is 11.6. The lowest BCUT2D eigenvalue weighted by Gasteiger charge is -2.22. The predicted molar refractivity (Wildman–Crippen MR) is 82.8 cm³/mol. The van der Waals surface area contributed by atoms with E-state index in [-0.39, 0.29) is 5.41 Å². The number of hydrogen-bond donors (Lipinski definition) is 2. The molecule has 1 aromatic rings. The number of rotatable bonds is 4. The number of benzene rings is 1. The number of nitrogens with two attached hydrogens (primary N) is 1. The molecule has 0 unspecified atom stereocenters. The Morgan fingerprint density at radius 2 is 1.70 bits per heavy atom. The van der Waals surface area contributed by atoms with Gasteiger partial charge in [-0.15, -0.1) is 0 Å². The monoisotopic (exact) mass is 278 g/mol. The summed E-state index contributed by atoms with van der Waals surface area (Å²) in [5.41, 5.74) is 7.26. The molecule has 0 bridgehead atoms. The Morgan fingerprint density at radius 1 is 1.15 bits per heavy atom. The highest BCUT2D eigenvalue weighted by Crippen LogP contribution is 2.21. The fourth-order valence-corrected chi connectivity index (χ4v) is 1.75. The number of carbonyl (C=O) groups excluding carboxylic acids is 1. The third-order valence-corrected chi connectivity index (χ3v) is 2.83. The second-order valence-electron chi connectivity index (χ2n) is 6.87. The van der Waals surface area contributed by atoms with E-state index in [9.17, 15) is 4.79 Å². The molecule has 112 valence electrons. The quantitative estimate of drug-likeness (QED) is 0.885. The summed E-state index contributed by atoms with van der Waals surface area (Å²) in [4.78, 5) is 11.6. The highest BCUT2D eigenvalue weighted by atomic mass is 16.6. The van der Waals surface area contributed by atoms with Gasteiger partial charge in [-0.3, -0.25) is 5.32 Å². The van der Waals surface area contributed by atoms with E-state index in [2.05, 4.69) is 19.2 Å². The number of carbonyl (C=O) groups is 1. The number of ether oxygens (including phenoxy) is 1. The molecule has 0 aliphatic rings. The molecule has 1 amide bonds. The number of amides is 1. The van der Waals surface area contributed by atoms with Crippen molar-refractivity contribution in [2.24, 2.45) is 11.1 Å². The van der Waals surface area contributed by atoms with E-state index >= 15 is 0 Å². The van der Waals surface area contributed by atoms with Crippen LogP contribution in [0, 0.1) is 5.41 Å². The van der Waals surface area contributed by atoms with E-state index in [1.54, 1.807) is 0 Å². The van der Waals surface area contributed by atoms with Crippen molar-refractivity contribution in [3.8, 4) is 0 Å². The lowest BCUT2D eigenvalue weighted by molar-refractivity contribution is 0.0636. The third-order valence-electron chi connectivity index (χ3n) is 2.83. The topological polar surface area (TPSA) is 64.3 Å². The van der Waals surface area contributed by atoms with Gasteiger partial charge >= 0.3 is 6.09 Å². The first-order valence-corrected chi connectivity index (χ1v) is 6.90. The Balaban J connectivity index is 2.61. The van der Waals surface area contributed by atoms with Gasteiger partial charge in [-0.25, -0.2) is 4.79 Å². The SMILES string of the molecule is CC(C)(CN)Cc1ccc(NC(=O)OC(C)(C)C)cc1. The zero-order chi connectivity index (χ0) is 15.4. The molecule has 4 heteroatoms. The van der Waals surface area contributed by atoms with Gasteiger partial charge in [-0.1, -0.05) is 26.0 Å². The van der Waals surface area contributed by atoms with Crippen molar-refractivity contribution in [1.29, 1.82) is 0 Å². The van der Waals surface area contributed by atoms with Gasteiger partial charge in [-0.2, -0.15) is 0 Å². The summed E-state index contributed by atoms with van der Waals surface area (Å²) in [6.07, 6.45) is 0.475. The highest BCUT2D eigenvalue weighted by molar-refractivity contribution is 5.84. The molecule has 0 aliphatic carbocycles. The molecule has 0 saturated carbocycles. The van der Waals surface area contributed by atoms with E-state index in [4.69, 9.17) is 10.5 Å². The van der Waals surface area contributed by atoms with Gasteiger partial charge < -0.3 is 10.5 Å². The van der Waals surface area contributed by atoms with E-state index < -0.39 is 11.7 Å². The van der Waals surface area contributed by atoms with Crippen molar-refractivity contribution >= 4 is 11.8 Å². The Kier molecular flexibility index (Phi) is 5.17. The molecule has 1 rings (SSSR count). The molecule has 0 atom stereocenters. The lowest BCUT2D eigenvalue weighted by Crippen LogP contribution is -2.27. The first-order chi connectivity index (χ1) is 9.11. The fraction of sp³-hybridized carbons (Fsp3) is 0.562. The average molecular weight is 278 g/mol. The standard InChI is InChI=1S/C16H26N2O2/c1-15(2,3)20-14(19)18-13-8-6-12(7-9-13)10-16(4,5)11-17/h6-9H,10-11,17H2,1-5H3,(H,18,19). The van der Waals surface area contributed by atoms with Crippen LogP contribution in [-0.4, -0.2) is 18.2 Å². The van der Waals surface area contributed by atoms with Crippen LogP contribution in [-0.2, 0) is 11.2 Å². The fourth-order valence-electron chi connectivity index (χ4n) is 1.75. The van der Waals surface area contributed by atoms with Crippen LogP contribution < -0.4 is 11.1 Å². The summed E-state index contributed by atoms with van der Waals surface area (Å²) in [6.45, 7) is 10.4. The summed E-state index contributed by atoms with van der Waals surface area (Å²) in [7, 11) is 0. The largest absolute Gasteiger partial charge is 0.444 e. The van der Waals surface area contributed by atoms with Gasteiger partial charge in [0, 0.05) is 5.69 Å². The van der Waals surface area contributed by atoms with Crippen LogP contribution in [0.2, 0.25) is 0 Å². The smallest absolute Gasteiger partial charge is 0.412 e. The van der Waals surface area contributed by atoms with Crippen LogP contribution in [0.3, 0.4) is 0 Å². The van der Waals surface area contributed by atoms with Crippen LogP contribution in [0.5, 0.6) is 0 Å². The average Bonchev–Trinajstić information content (AvgIpc) is 2.29. The summed E-state index contributed by atoms with van der Waals surface area (Å²) < 4.78 is 5.20. The van der Waals surface area contributed by atoms with Crippen molar-refractivity contribution in [2.75, 3.05) is 11.9 Å². The normalized spacial score (nSPS) is 12.1. The van der Waals surface area contributed by atoms with Crippen molar-refractivity contribution < 1.29 is 9.53 Å². The van der Waals surface area contributed by atoms with Gasteiger partial charge in [0.1, 0.15) is 5.60 Å². The van der Waals surface area contributed by atoms with Crippen LogP contribution in [0.25, 0.3) is 0 Å². The number of hydrogen-bond acceptors (Lipinski definition) is 3. The summed E-state index contributed by atoms with van der Waals surface area (Å²) in [5.74, 6) is 0. The predicted octanol–water partition coefficient (Wildman–Crippen LogP) is 3.56. The zero-order valence-corrected chi connectivity index (χ0v) is 13.1. The second-order valence-corrected chi connectivity index (χ2v) is 6.87. The highest BCUT2D eigenvalue weighted by Gasteiger charge is 2.17. The zero-order valence-electron chi connectivity index (χ0n) is 13.1. The minimum atomic E-state index is -0.491. The molecule has 20 heavy (non-hydrogen) atoms. The Hall–Kier alpha value is -1.55. The van der Waals surface area contributed by atoms with Crippen molar-refractivity contribution in [3.05, 3.63) is 29.8 Å². The van der Waals surface area contributed by atoms with Crippen LogP contribution >= 0.6 is 0 Å². The van der Waals surface area contributed by atoms with E-state index in [1.165, 1.54) is 5.56 Å². The molecular weight excluding hydrogens is 252 g/mol. The Bertz CT molecular complexity index is 445. The summed E-state index contributed by atoms with van der Waals surface area (Å²) >= 11 is 0. The number of anilines is 1. The number of nitrogens with one attached hydrogen (secondary N) is 1. The van der Waals surface area contributed by atoms with Crippen molar-refractivity contribution in [2.45, 2.75) is 46.6 Å². The van der Waals surface area contributed by atoms with Gasteiger partial charge in [-0.05, 0) is 56.8 Å². The van der Waals surface area contributed by atoms with Gasteiger partial charge in [0.15, 0.2) is 0 Å². The molecule has 0 aliphatic heterocycles. The lowest BCUT2D eigenvalue weighted by atomic mass is 9.86. The molecule has 0 radical (unpaired) electrons. The van der Waals surface area contributed by atoms with E-state index in [0.29, 0.717) is 6.54 Å². The van der Waals surface area contributed by atoms with Gasteiger partial charge in [0.25, 0.3) is 0 Å². The minimum absolute atomic E-state index is 0.0834. The minimum Gasteiger partial charge on any atom is -0.444 e. The maximum Gasteiger partial charge on any atom is 0.412 e.